The molecule has 0 aromatic carbocycles. The minimum atomic E-state index is -5.07. The molecule has 0 saturated heterocycles. The molecule has 1 aliphatic heterocycles. The maximum atomic E-state index is 11.4. The zero-order valence-electron chi connectivity index (χ0n) is 22.6. The molecule has 0 aromatic rings. The van der Waals surface area contributed by atoms with Crippen molar-refractivity contribution < 1.29 is 95.8 Å². The molecular formula is C16H38NO20P5. The number of phosphoric ester groups is 2. The molecule has 0 bridgehead atoms. The summed E-state index contributed by atoms with van der Waals surface area (Å²) in [6.07, 6.45) is -0.671. The summed E-state index contributed by atoms with van der Waals surface area (Å²) in [6.45, 7) is 3.06. The van der Waals surface area contributed by atoms with Gasteiger partial charge in [0.2, 0.25) is 0 Å². The minimum Gasteiger partial charge on any atom is -0.412 e. The number of nitrogens with zero attached hydrogens (tertiary/aromatic N) is 1. The Hall–Kier alpha value is -0.170. The lowest BCUT2D eigenvalue weighted by Gasteiger charge is -2.26. The Bertz CT molecular complexity index is 922. The second-order valence-electron chi connectivity index (χ2n) is 7.80. The van der Waals surface area contributed by atoms with E-state index in [1.807, 2.05) is 6.92 Å². The molecule has 21 nitrogen and oxygen atoms in total. The van der Waals surface area contributed by atoms with Gasteiger partial charge in [-0.2, -0.15) is 0 Å². The van der Waals surface area contributed by atoms with E-state index in [2.05, 4.69) is 9.05 Å². The highest BCUT2D eigenvalue weighted by Gasteiger charge is 2.33. The first-order chi connectivity index (χ1) is 18.5. The van der Waals surface area contributed by atoms with Crippen LogP contribution in [-0.4, -0.2) is 124 Å². The zero-order valence-corrected chi connectivity index (χ0v) is 27.2. The van der Waals surface area contributed by atoms with Crippen LogP contribution in [0.15, 0.2) is 12.2 Å². The SMILES string of the molecule is CC(CPO)C(C)OP(O)O.COC(OCCN1C(=O)C=CC1=O)[C@@H](COP(=O)(O)O)OP(=O)(O)O.CP(=O)(O)O.O. The quantitative estimate of drug-likeness (QED) is 0.0486. The molecule has 4 unspecified atom stereocenters. The van der Waals surface area contributed by atoms with E-state index in [0.29, 0.717) is 6.16 Å². The van der Waals surface area contributed by atoms with Crippen LogP contribution in [0.1, 0.15) is 13.8 Å². The van der Waals surface area contributed by atoms with Crippen molar-refractivity contribution >= 4 is 52.5 Å². The number of hydrogen-bond donors (Lipinski definition) is 9. The lowest BCUT2D eigenvalue weighted by atomic mass is 10.1. The van der Waals surface area contributed by atoms with Gasteiger partial charge in [0.05, 0.1) is 25.9 Å². The van der Waals surface area contributed by atoms with Crippen LogP contribution in [-0.2, 0) is 46.3 Å². The summed E-state index contributed by atoms with van der Waals surface area (Å²) in [4.78, 5) is 99.4. The minimum absolute atomic E-state index is 0. The van der Waals surface area contributed by atoms with Gasteiger partial charge in [0.1, 0.15) is 6.10 Å². The van der Waals surface area contributed by atoms with Crippen LogP contribution in [0.5, 0.6) is 0 Å². The first kappa shape index (κ1) is 46.3. The average Bonchev–Trinajstić information content (AvgIpc) is 3.09. The zero-order chi connectivity index (χ0) is 32.6. The van der Waals surface area contributed by atoms with Crippen LogP contribution in [0.3, 0.4) is 0 Å². The molecule has 0 aromatic heterocycles. The highest BCUT2D eigenvalue weighted by Crippen LogP contribution is 2.41. The Kier molecular flexibility index (Phi) is 24.6. The van der Waals surface area contributed by atoms with Gasteiger partial charge < -0.3 is 63.5 Å². The van der Waals surface area contributed by atoms with Gasteiger partial charge in [0.25, 0.3) is 11.8 Å². The lowest BCUT2D eigenvalue weighted by Crippen LogP contribution is -2.39. The van der Waals surface area contributed by atoms with Crippen LogP contribution in [0.4, 0.5) is 0 Å². The Morgan fingerprint density at radius 1 is 0.976 bits per heavy atom. The highest BCUT2D eigenvalue weighted by molar-refractivity contribution is 7.50. The van der Waals surface area contributed by atoms with Crippen molar-refractivity contribution in [2.45, 2.75) is 32.3 Å². The third kappa shape index (κ3) is 27.4. The summed E-state index contributed by atoms with van der Waals surface area (Å²) in [5.74, 6) is -0.964. The lowest BCUT2D eigenvalue weighted by molar-refractivity contribution is -0.185. The van der Waals surface area contributed by atoms with E-state index in [-0.39, 0.29) is 39.5 Å². The number of phosphoric acid groups is 2. The standard InChI is InChI=1S/C10H17NO12P2.C5H14O4P2.CH5O3P.H2O/c1-20-10(21-5-4-11-8(12)2-3-9(11)13)7(23-25(17,18)19)6-22-24(14,15)16;1-4(3-10-6)5(2)9-11(7)8;1-5(2,3)4;/h2-3,7,10H,4-6H2,1H3,(H2,14,15,16)(H2,17,18,19);4-8,10H,3H2,1-2H3;1H3,(H2,2,3,4);1H2/t7-,10?;;;/m1.../s1. The number of carbonyl (C=O) groups excluding carboxylic acids is 2. The fourth-order valence-electron chi connectivity index (χ4n) is 2.31. The van der Waals surface area contributed by atoms with E-state index in [1.54, 1.807) is 6.92 Å². The number of carbonyl (C=O) groups is 2. The summed E-state index contributed by atoms with van der Waals surface area (Å²) < 4.78 is 54.2. The first-order valence-electron chi connectivity index (χ1n) is 10.9. The van der Waals surface area contributed by atoms with Gasteiger partial charge in [-0.25, -0.2) is 9.13 Å². The number of ether oxygens (including phenoxy) is 2. The van der Waals surface area contributed by atoms with Gasteiger partial charge in [-0.3, -0.25) is 28.1 Å². The molecule has 1 heterocycles. The number of amides is 2. The maximum absolute atomic E-state index is 11.4. The molecule has 2 amide bonds. The smallest absolute Gasteiger partial charge is 0.412 e. The Morgan fingerprint density at radius 3 is 1.81 bits per heavy atom. The fourth-order valence-corrected chi connectivity index (χ4v) is 4.29. The number of imide groups is 1. The molecule has 5 atom stereocenters. The summed E-state index contributed by atoms with van der Waals surface area (Å²) in [5.41, 5.74) is 0. The third-order valence-corrected chi connectivity index (χ3v) is 6.57. The van der Waals surface area contributed by atoms with E-state index in [4.69, 9.17) is 58.0 Å². The van der Waals surface area contributed by atoms with E-state index in [0.717, 1.165) is 30.8 Å². The second-order valence-corrected chi connectivity index (χ2v) is 13.3. The highest BCUT2D eigenvalue weighted by atomic mass is 31.2. The summed E-state index contributed by atoms with van der Waals surface area (Å²) >= 11 is 0. The van der Waals surface area contributed by atoms with E-state index in [9.17, 15) is 23.3 Å². The monoisotopic (exact) mass is 719 g/mol. The largest absolute Gasteiger partial charge is 0.470 e. The van der Waals surface area contributed by atoms with Crippen LogP contribution in [0, 0.1) is 5.92 Å². The molecule has 42 heavy (non-hydrogen) atoms. The summed E-state index contributed by atoms with van der Waals surface area (Å²) in [7, 11) is -14.9. The average molecular weight is 719 g/mol. The van der Waals surface area contributed by atoms with Crippen molar-refractivity contribution in [1.82, 2.24) is 4.90 Å². The van der Waals surface area contributed by atoms with Gasteiger partial charge in [-0.1, -0.05) is 6.92 Å². The molecule has 11 N–H and O–H groups in total. The molecular weight excluding hydrogens is 681 g/mol. The maximum Gasteiger partial charge on any atom is 0.470 e. The van der Waals surface area contributed by atoms with Gasteiger partial charge in [0.15, 0.2) is 6.29 Å². The van der Waals surface area contributed by atoms with Crippen molar-refractivity contribution in [2.24, 2.45) is 5.92 Å². The molecule has 26 heteroatoms. The normalized spacial score (nSPS) is 16.9. The molecule has 0 aliphatic carbocycles. The molecule has 1 aliphatic rings. The van der Waals surface area contributed by atoms with Gasteiger partial charge in [-0.15, -0.1) is 0 Å². The Labute approximate surface area is 243 Å². The third-order valence-electron chi connectivity index (χ3n) is 4.19. The van der Waals surface area contributed by atoms with Crippen LogP contribution in [0.2, 0.25) is 0 Å². The van der Waals surface area contributed by atoms with Crippen molar-refractivity contribution in [1.29, 1.82) is 0 Å². The molecule has 0 spiro atoms. The molecule has 252 valence electrons. The predicted octanol–water partition coefficient (Wildman–Crippen LogP) is -1.72. The van der Waals surface area contributed by atoms with Gasteiger partial charge in [-0.05, 0) is 19.0 Å². The van der Waals surface area contributed by atoms with Crippen molar-refractivity contribution in [3.8, 4) is 0 Å². The number of methoxy groups -OCH3 is 1. The molecule has 1 rings (SSSR count). The number of rotatable bonds is 16. The molecule has 0 radical (unpaired) electrons. The van der Waals surface area contributed by atoms with E-state index >= 15 is 0 Å². The molecule has 0 fully saturated rings. The van der Waals surface area contributed by atoms with Crippen molar-refractivity contribution in [3.63, 3.8) is 0 Å². The van der Waals surface area contributed by atoms with Crippen LogP contribution >= 0.6 is 40.7 Å². The summed E-state index contributed by atoms with van der Waals surface area (Å²) in [6, 6.07) is 0. The number of hydrogen-bond acceptors (Lipinski definition) is 13. The van der Waals surface area contributed by atoms with Crippen LogP contribution in [0.25, 0.3) is 0 Å². The van der Waals surface area contributed by atoms with E-state index in [1.165, 1.54) is 0 Å². The fraction of sp³-hybridized carbons (Fsp3) is 0.750. The predicted molar refractivity (Wildman–Crippen MR) is 146 cm³/mol. The first-order valence-corrected chi connectivity index (χ1v) is 18.3. The van der Waals surface area contributed by atoms with Crippen molar-refractivity contribution in [2.75, 3.05) is 39.7 Å². The topological polar surface area (TPSA) is 348 Å². The second kappa shape index (κ2) is 22.4. The van der Waals surface area contributed by atoms with Gasteiger partial charge in [0, 0.05) is 34.7 Å². The van der Waals surface area contributed by atoms with Gasteiger partial charge >= 0.3 is 31.8 Å². The summed E-state index contributed by atoms with van der Waals surface area (Å²) in [5, 5.41) is 0. The van der Waals surface area contributed by atoms with Crippen molar-refractivity contribution in [3.05, 3.63) is 12.2 Å². The Morgan fingerprint density at radius 2 is 1.45 bits per heavy atom. The Balaban J connectivity index is -0.000000741. The van der Waals surface area contributed by atoms with E-state index < -0.39 is 62.7 Å². The van der Waals surface area contributed by atoms with Crippen LogP contribution < -0.4 is 0 Å². The molecule has 0 saturated carbocycles.